The van der Waals surface area contributed by atoms with E-state index in [1.807, 2.05) is 13.1 Å². The second-order valence-electron chi connectivity index (χ2n) is 3.61. The zero-order valence-corrected chi connectivity index (χ0v) is 8.97. The van der Waals surface area contributed by atoms with Gasteiger partial charge < -0.3 is 5.32 Å². The number of benzene rings is 1. The highest BCUT2D eigenvalue weighted by atomic mass is 19.3. The molecule has 1 nitrogen and oxygen atoms in total. The first kappa shape index (κ1) is 12.1. The van der Waals surface area contributed by atoms with Gasteiger partial charge in [0.25, 0.3) is 6.43 Å². The van der Waals surface area contributed by atoms with E-state index in [4.69, 9.17) is 0 Å². The van der Waals surface area contributed by atoms with E-state index >= 15 is 0 Å². The zero-order valence-electron chi connectivity index (χ0n) is 8.97. The van der Waals surface area contributed by atoms with Gasteiger partial charge in [0.15, 0.2) is 0 Å². The highest BCUT2D eigenvalue weighted by Crippen LogP contribution is 2.20. The second kappa shape index (κ2) is 6.51. The quantitative estimate of drug-likeness (QED) is 0.716. The van der Waals surface area contributed by atoms with Gasteiger partial charge in [0.2, 0.25) is 0 Å². The molecular formula is C12H17F2N. The Kier molecular flexibility index (Phi) is 5.26. The summed E-state index contributed by atoms with van der Waals surface area (Å²) in [4.78, 5) is 0. The normalized spacial score (nSPS) is 10.9. The molecule has 0 amide bonds. The van der Waals surface area contributed by atoms with E-state index in [-0.39, 0.29) is 5.56 Å². The molecule has 0 unspecified atom stereocenters. The number of halogens is 2. The van der Waals surface area contributed by atoms with Gasteiger partial charge in [-0.3, -0.25) is 0 Å². The van der Waals surface area contributed by atoms with Crippen LogP contribution in [0.1, 0.15) is 30.4 Å². The van der Waals surface area contributed by atoms with Crippen LogP contribution in [0.3, 0.4) is 0 Å². The molecule has 15 heavy (non-hydrogen) atoms. The molecule has 0 aromatic heterocycles. The van der Waals surface area contributed by atoms with E-state index in [2.05, 4.69) is 5.32 Å². The van der Waals surface area contributed by atoms with E-state index in [9.17, 15) is 8.78 Å². The molecule has 0 aliphatic heterocycles. The van der Waals surface area contributed by atoms with Gasteiger partial charge >= 0.3 is 0 Å². The van der Waals surface area contributed by atoms with Gasteiger partial charge in [0.05, 0.1) is 0 Å². The molecule has 0 atom stereocenters. The molecule has 1 aromatic rings. The van der Waals surface area contributed by atoms with Gasteiger partial charge in [-0.1, -0.05) is 24.3 Å². The lowest BCUT2D eigenvalue weighted by molar-refractivity contribution is 0.151. The Labute approximate surface area is 89.5 Å². The summed E-state index contributed by atoms with van der Waals surface area (Å²) in [5.41, 5.74) is 1.13. The standard InChI is InChI=1S/C12H17F2N/c1-15-8-3-2-5-10-6-4-7-11(9-10)12(13)14/h4,6-7,9,12,15H,2-3,5,8H2,1H3. The largest absolute Gasteiger partial charge is 0.320 e. The maximum Gasteiger partial charge on any atom is 0.263 e. The van der Waals surface area contributed by atoms with E-state index in [0.717, 1.165) is 31.4 Å². The number of nitrogens with one attached hydrogen (secondary N) is 1. The fourth-order valence-corrected chi connectivity index (χ4v) is 1.52. The Morgan fingerprint density at radius 3 is 2.73 bits per heavy atom. The summed E-state index contributed by atoms with van der Waals surface area (Å²) >= 11 is 0. The lowest BCUT2D eigenvalue weighted by Gasteiger charge is -2.04. The molecule has 1 aromatic carbocycles. The maximum absolute atomic E-state index is 12.4. The molecule has 84 valence electrons. The van der Waals surface area contributed by atoms with Crippen molar-refractivity contribution in [3.63, 3.8) is 0 Å². The molecule has 0 fully saturated rings. The van der Waals surface area contributed by atoms with Crippen molar-refractivity contribution in [3.05, 3.63) is 35.4 Å². The molecule has 0 aliphatic rings. The van der Waals surface area contributed by atoms with Crippen LogP contribution in [0.15, 0.2) is 24.3 Å². The van der Waals surface area contributed by atoms with Crippen LogP contribution >= 0.6 is 0 Å². The van der Waals surface area contributed by atoms with E-state index in [1.54, 1.807) is 12.1 Å². The minimum atomic E-state index is -2.36. The Hall–Kier alpha value is -0.960. The Balaban J connectivity index is 2.43. The van der Waals surface area contributed by atoms with Crippen LogP contribution in [-0.4, -0.2) is 13.6 Å². The molecule has 0 heterocycles. The molecule has 0 radical (unpaired) electrons. The number of aryl methyl sites for hydroxylation is 1. The Bertz CT molecular complexity index is 287. The fourth-order valence-electron chi connectivity index (χ4n) is 1.52. The zero-order chi connectivity index (χ0) is 11.1. The van der Waals surface area contributed by atoms with Gasteiger partial charge in [-0.05, 0) is 38.4 Å². The van der Waals surface area contributed by atoms with Gasteiger partial charge in [-0.2, -0.15) is 0 Å². The van der Waals surface area contributed by atoms with Crippen molar-refractivity contribution in [2.75, 3.05) is 13.6 Å². The Morgan fingerprint density at radius 1 is 1.27 bits per heavy atom. The number of hydrogen-bond acceptors (Lipinski definition) is 1. The van der Waals surface area contributed by atoms with Crippen LogP contribution in [0.2, 0.25) is 0 Å². The average Bonchev–Trinajstić information content (AvgIpc) is 2.25. The first-order valence-corrected chi connectivity index (χ1v) is 5.25. The number of hydrogen-bond donors (Lipinski definition) is 1. The first-order valence-electron chi connectivity index (χ1n) is 5.25. The highest BCUT2D eigenvalue weighted by Gasteiger charge is 2.06. The molecule has 0 spiro atoms. The number of unbranched alkanes of at least 4 members (excludes halogenated alkanes) is 1. The summed E-state index contributed by atoms with van der Waals surface area (Å²) in [6.07, 6.45) is 0.632. The van der Waals surface area contributed by atoms with Crippen LogP contribution in [0, 0.1) is 0 Å². The predicted molar refractivity (Wildman–Crippen MR) is 58.3 cm³/mol. The summed E-state index contributed by atoms with van der Waals surface area (Å²) in [5, 5.41) is 3.06. The third-order valence-electron chi connectivity index (χ3n) is 2.35. The number of rotatable bonds is 6. The third kappa shape index (κ3) is 4.38. The lowest BCUT2D eigenvalue weighted by atomic mass is 10.1. The van der Waals surface area contributed by atoms with Crippen molar-refractivity contribution in [1.82, 2.24) is 5.32 Å². The monoisotopic (exact) mass is 213 g/mol. The SMILES string of the molecule is CNCCCCc1cccc(C(F)F)c1. The van der Waals surface area contributed by atoms with Gasteiger partial charge in [0.1, 0.15) is 0 Å². The van der Waals surface area contributed by atoms with Crippen molar-refractivity contribution in [2.45, 2.75) is 25.7 Å². The van der Waals surface area contributed by atoms with Crippen LogP contribution in [0.4, 0.5) is 8.78 Å². The minimum absolute atomic E-state index is 0.126. The van der Waals surface area contributed by atoms with Crippen LogP contribution in [0.5, 0.6) is 0 Å². The summed E-state index contributed by atoms with van der Waals surface area (Å²) in [5.74, 6) is 0. The molecular weight excluding hydrogens is 196 g/mol. The van der Waals surface area contributed by atoms with Gasteiger partial charge in [-0.15, -0.1) is 0 Å². The molecule has 3 heteroatoms. The molecule has 1 N–H and O–H groups in total. The summed E-state index contributed by atoms with van der Waals surface area (Å²) in [6.45, 7) is 0.981. The maximum atomic E-state index is 12.4. The first-order chi connectivity index (χ1) is 7.24. The molecule has 1 rings (SSSR count). The minimum Gasteiger partial charge on any atom is -0.320 e. The third-order valence-corrected chi connectivity index (χ3v) is 2.35. The van der Waals surface area contributed by atoms with Crippen LogP contribution < -0.4 is 5.32 Å². The highest BCUT2D eigenvalue weighted by molar-refractivity contribution is 5.24. The average molecular weight is 213 g/mol. The van der Waals surface area contributed by atoms with Gasteiger partial charge in [0, 0.05) is 5.56 Å². The molecule has 0 saturated carbocycles. The van der Waals surface area contributed by atoms with Crippen molar-refractivity contribution < 1.29 is 8.78 Å². The van der Waals surface area contributed by atoms with Crippen molar-refractivity contribution >= 4 is 0 Å². The second-order valence-corrected chi connectivity index (χ2v) is 3.61. The lowest BCUT2D eigenvalue weighted by Crippen LogP contribution is -2.07. The van der Waals surface area contributed by atoms with Crippen molar-refractivity contribution in [2.24, 2.45) is 0 Å². The molecule has 0 aliphatic carbocycles. The number of alkyl halides is 2. The fraction of sp³-hybridized carbons (Fsp3) is 0.500. The predicted octanol–water partition coefficient (Wildman–Crippen LogP) is 3.17. The summed E-state index contributed by atoms with van der Waals surface area (Å²) in [7, 11) is 1.91. The summed E-state index contributed by atoms with van der Waals surface area (Å²) in [6, 6.07) is 6.69. The Morgan fingerprint density at radius 2 is 2.07 bits per heavy atom. The van der Waals surface area contributed by atoms with E-state index in [1.165, 1.54) is 6.07 Å². The van der Waals surface area contributed by atoms with Gasteiger partial charge in [-0.25, -0.2) is 8.78 Å². The van der Waals surface area contributed by atoms with E-state index in [0.29, 0.717) is 0 Å². The van der Waals surface area contributed by atoms with Crippen LogP contribution in [0.25, 0.3) is 0 Å². The van der Waals surface area contributed by atoms with Crippen molar-refractivity contribution in [1.29, 1.82) is 0 Å². The molecule has 0 bridgehead atoms. The molecule has 0 saturated heterocycles. The van der Waals surface area contributed by atoms with Crippen LogP contribution in [-0.2, 0) is 6.42 Å². The van der Waals surface area contributed by atoms with Crippen molar-refractivity contribution in [3.8, 4) is 0 Å². The topological polar surface area (TPSA) is 12.0 Å². The smallest absolute Gasteiger partial charge is 0.263 e. The van der Waals surface area contributed by atoms with E-state index < -0.39 is 6.43 Å². The summed E-state index contributed by atoms with van der Waals surface area (Å²) < 4.78 is 24.8.